The average Bonchev–Trinajstić information content (AvgIpc) is 2.88. The summed E-state index contributed by atoms with van der Waals surface area (Å²) in [6.45, 7) is 3.64. The van der Waals surface area contributed by atoms with Gasteiger partial charge >= 0.3 is 0 Å². The van der Waals surface area contributed by atoms with Crippen LogP contribution in [0.2, 0.25) is 0 Å². The first kappa shape index (κ1) is 15.2. The van der Waals surface area contributed by atoms with Crippen molar-refractivity contribution in [2.24, 2.45) is 0 Å². The van der Waals surface area contributed by atoms with Gasteiger partial charge in [-0.1, -0.05) is 12.1 Å². The fourth-order valence-corrected chi connectivity index (χ4v) is 2.03. The Balaban J connectivity index is 1.86. The van der Waals surface area contributed by atoms with Crippen molar-refractivity contribution in [2.45, 2.75) is 20.0 Å². The predicted octanol–water partition coefficient (Wildman–Crippen LogP) is 2.11. The molecule has 0 fully saturated rings. The zero-order valence-electron chi connectivity index (χ0n) is 12.2. The molecule has 112 valence electrons. The monoisotopic (exact) mass is 290 g/mol. The number of amides is 1. The van der Waals surface area contributed by atoms with Crippen LogP contribution in [0.3, 0.4) is 0 Å². The zero-order valence-corrected chi connectivity index (χ0v) is 12.2. The highest BCUT2D eigenvalue weighted by atomic mass is 19.1. The van der Waals surface area contributed by atoms with Crippen LogP contribution in [0.1, 0.15) is 12.5 Å². The smallest absolute Gasteiger partial charge is 0.238 e. The van der Waals surface area contributed by atoms with E-state index in [0.717, 1.165) is 12.1 Å². The van der Waals surface area contributed by atoms with Crippen molar-refractivity contribution in [3.63, 3.8) is 0 Å². The minimum absolute atomic E-state index is 0.186. The minimum Gasteiger partial charge on any atom is -0.322 e. The second-order valence-corrected chi connectivity index (χ2v) is 4.90. The molecular weight excluding hydrogens is 271 g/mol. The molecular formula is C15H19FN4O. The SMILES string of the molecule is CCn1cc(CN(C)CC(=O)Nc2ccccc2F)cn1. The van der Waals surface area contributed by atoms with Gasteiger partial charge in [-0.05, 0) is 26.1 Å². The molecule has 0 spiro atoms. The Hall–Kier alpha value is -2.21. The molecule has 0 bridgehead atoms. The van der Waals surface area contributed by atoms with Crippen molar-refractivity contribution in [1.29, 1.82) is 0 Å². The van der Waals surface area contributed by atoms with Gasteiger partial charge in [0.05, 0.1) is 18.4 Å². The Kier molecular flexibility index (Phi) is 5.05. The number of halogens is 1. The highest BCUT2D eigenvalue weighted by Crippen LogP contribution is 2.12. The Morgan fingerprint density at radius 1 is 1.43 bits per heavy atom. The summed E-state index contributed by atoms with van der Waals surface area (Å²) < 4.78 is 15.3. The van der Waals surface area contributed by atoms with Crippen LogP contribution in [0, 0.1) is 5.82 Å². The molecule has 1 amide bonds. The van der Waals surface area contributed by atoms with E-state index in [0.29, 0.717) is 6.54 Å². The number of para-hydroxylation sites is 1. The number of benzene rings is 1. The molecule has 1 aromatic heterocycles. The molecule has 1 aromatic carbocycles. The second kappa shape index (κ2) is 6.99. The van der Waals surface area contributed by atoms with E-state index in [1.165, 1.54) is 6.07 Å². The molecule has 21 heavy (non-hydrogen) atoms. The number of nitrogens with one attached hydrogen (secondary N) is 1. The molecule has 0 unspecified atom stereocenters. The van der Waals surface area contributed by atoms with Gasteiger partial charge in [-0.25, -0.2) is 4.39 Å². The summed E-state index contributed by atoms with van der Waals surface area (Å²) in [6, 6.07) is 6.13. The van der Waals surface area contributed by atoms with E-state index in [2.05, 4.69) is 10.4 Å². The summed E-state index contributed by atoms with van der Waals surface area (Å²) >= 11 is 0. The van der Waals surface area contributed by atoms with E-state index >= 15 is 0 Å². The van der Waals surface area contributed by atoms with Crippen LogP contribution in [0.25, 0.3) is 0 Å². The van der Waals surface area contributed by atoms with E-state index in [1.54, 1.807) is 24.4 Å². The Bertz CT molecular complexity index is 611. The largest absolute Gasteiger partial charge is 0.322 e. The fourth-order valence-electron chi connectivity index (χ4n) is 2.03. The number of carbonyl (C=O) groups excluding carboxylic acids is 1. The zero-order chi connectivity index (χ0) is 15.2. The quantitative estimate of drug-likeness (QED) is 0.886. The van der Waals surface area contributed by atoms with Crippen LogP contribution in [-0.2, 0) is 17.9 Å². The number of aromatic nitrogens is 2. The standard InChI is InChI=1S/C15H19FN4O/c1-3-20-10-12(8-17-20)9-19(2)11-15(21)18-14-7-5-4-6-13(14)16/h4-8,10H,3,9,11H2,1-2H3,(H,18,21). The molecule has 2 rings (SSSR count). The van der Waals surface area contributed by atoms with Crippen LogP contribution >= 0.6 is 0 Å². The molecule has 0 aliphatic rings. The van der Waals surface area contributed by atoms with Gasteiger partial charge in [-0.2, -0.15) is 5.10 Å². The number of nitrogens with zero attached hydrogens (tertiary/aromatic N) is 3. The number of likely N-dealkylation sites (N-methyl/N-ethyl adjacent to an activating group) is 1. The van der Waals surface area contributed by atoms with E-state index in [1.807, 2.05) is 29.7 Å². The molecule has 2 aromatic rings. The average molecular weight is 290 g/mol. The van der Waals surface area contributed by atoms with E-state index in [9.17, 15) is 9.18 Å². The Morgan fingerprint density at radius 2 is 2.19 bits per heavy atom. The van der Waals surface area contributed by atoms with Crippen molar-refractivity contribution >= 4 is 11.6 Å². The Morgan fingerprint density at radius 3 is 2.86 bits per heavy atom. The maximum Gasteiger partial charge on any atom is 0.238 e. The van der Waals surface area contributed by atoms with Gasteiger partial charge in [0.2, 0.25) is 5.91 Å². The van der Waals surface area contributed by atoms with Crippen LogP contribution in [0.5, 0.6) is 0 Å². The van der Waals surface area contributed by atoms with Gasteiger partial charge in [0.25, 0.3) is 0 Å². The van der Waals surface area contributed by atoms with Crippen LogP contribution in [0.15, 0.2) is 36.7 Å². The maximum atomic E-state index is 13.4. The van der Waals surface area contributed by atoms with Gasteiger partial charge in [0, 0.05) is 24.8 Å². The second-order valence-electron chi connectivity index (χ2n) is 4.90. The van der Waals surface area contributed by atoms with Gasteiger partial charge in [0.15, 0.2) is 0 Å². The third kappa shape index (κ3) is 4.39. The number of rotatable bonds is 6. The highest BCUT2D eigenvalue weighted by molar-refractivity contribution is 5.92. The molecule has 5 nitrogen and oxygen atoms in total. The lowest BCUT2D eigenvalue weighted by Gasteiger charge is -2.15. The summed E-state index contributed by atoms with van der Waals surface area (Å²) in [6.07, 6.45) is 3.74. The highest BCUT2D eigenvalue weighted by Gasteiger charge is 2.10. The maximum absolute atomic E-state index is 13.4. The van der Waals surface area contributed by atoms with E-state index in [4.69, 9.17) is 0 Å². The van der Waals surface area contributed by atoms with Crippen molar-refractivity contribution in [1.82, 2.24) is 14.7 Å². The van der Waals surface area contributed by atoms with Crippen molar-refractivity contribution < 1.29 is 9.18 Å². The number of aryl methyl sites for hydroxylation is 1. The van der Waals surface area contributed by atoms with Crippen molar-refractivity contribution in [2.75, 3.05) is 18.9 Å². The van der Waals surface area contributed by atoms with Crippen LogP contribution in [0.4, 0.5) is 10.1 Å². The first-order chi connectivity index (χ1) is 10.1. The number of hydrogen-bond acceptors (Lipinski definition) is 3. The summed E-state index contributed by atoms with van der Waals surface area (Å²) in [5, 5.41) is 6.75. The molecule has 0 aliphatic carbocycles. The summed E-state index contributed by atoms with van der Waals surface area (Å²) in [4.78, 5) is 13.7. The van der Waals surface area contributed by atoms with Crippen molar-refractivity contribution in [3.8, 4) is 0 Å². The predicted molar refractivity (Wildman–Crippen MR) is 79.3 cm³/mol. The molecule has 0 saturated heterocycles. The van der Waals surface area contributed by atoms with Crippen LogP contribution in [-0.4, -0.2) is 34.2 Å². The van der Waals surface area contributed by atoms with Gasteiger partial charge in [0.1, 0.15) is 5.82 Å². The van der Waals surface area contributed by atoms with Crippen LogP contribution < -0.4 is 5.32 Å². The molecule has 0 atom stereocenters. The van der Waals surface area contributed by atoms with Gasteiger partial charge in [-0.15, -0.1) is 0 Å². The van der Waals surface area contributed by atoms with Crippen molar-refractivity contribution in [3.05, 3.63) is 48.0 Å². The lowest BCUT2D eigenvalue weighted by molar-refractivity contribution is -0.117. The minimum atomic E-state index is -0.433. The van der Waals surface area contributed by atoms with Gasteiger partial charge < -0.3 is 5.32 Å². The normalized spacial score (nSPS) is 10.9. The molecule has 6 heteroatoms. The number of carbonyl (C=O) groups is 1. The number of hydrogen-bond donors (Lipinski definition) is 1. The van der Waals surface area contributed by atoms with E-state index < -0.39 is 5.82 Å². The lowest BCUT2D eigenvalue weighted by Crippen LogP contribution is -2.30. The lowest BCUT2D eigenvalue weighted by atomic mass is 10.3. The summed E-state index contributed by atoms with van der Waals surface area (Å²) in [5.74, 6) is -0.678. The molecule has 0 radical (unpaired) electrons. The summed E-state index contributed by atoms with van der Waals surface area (Å²) in [7, 11) is 1.84. The molecule has 0 aliphatic heterocycles. The third-order valence-electron chi connectivity index (χ3n) is 3.02. The molecule has 0 saturated carbocycles. The Labute approximate surface area is 123 Å². The molecule has 1 heterocycles. The number of anilines is 1. The molecule has 1 N–H and O–H groups in total. The first-order valence-electron chi connectivity index (χ1n) is 6.82. The summed E-state index contributed by atoms with van der Waals surface area (Å²) in [5.41, 5.74) is 1.24. The van der Waals surface area contributed by atoms with E-state index in [-0.39, 0.29) is 18.1 Å². The topological polar surface area (TPSA) is 50.2 Å². The third-order valence-corrected chi connectivity index (χ3v) is 3.02. The fraction of sp³-hybridized carbons (Fsp3) is 0.333. The van der Waals surface area contributed by atoms with Gasteiger partial charge in [-0.3, -0.25) is 14.4 Å². The first-order valence-corrected chi connectivity index (χ1v) is 6.82.